The Hall–Kier alpha value is -2.66. The lowest BCUT2D eigenvalue weighted by Gasteiger charge is -2.42. The summed E-state index contributed by atoms with van der Waals surface area (Å²) in [6, 6.07) is 3.54. The normalized spacial score (nSPS) is 23.0. The molecule has 0 aliphatic carbocycles. The van der Waals surface area contributed by atoms with Crippen molar-refractivity contribution in [1.82, 2.24) is 5.32 Å². The molecule has 116 valence electrons. The van der Waals surface area contributed by atoms with Crippen LogP contribution in [0.25, 0.3) is 0 Å². The van der Waals surface area contributed by atoms with E-state index in [4.69, 9.17) is 10.00 Å². The number of nitro benzene ring substituents is 1. The summed E-state index contributed by atoms with van der Waals surface area (Å²) < 4.78 is 5.72. The Morgan fingerprint density at radius 3 is 2.86 bits per heavy atom. The summed E-state index contributed by atoms with van der Waals surface area (Å²) >= 11 is 0. The van der Waals surface area contributed by atoms with Crippen molar-refractivity contribution < 1.29 is 14.8 Å². The van der Waals surface area contributed by atoms with E-state index in [9.17, 15) is 15.2 Å². The molecule has 0 spiro atoms. The minimum Gasteiger partial charge on any atom is -0.485 e. The highest BCUT2D eigenvalue weighted by atomic mass is 16.6. The summed E-state index contributed by atoms with van der Waals surface area (Å²) in [6.07, 6.45) is 0.670. The number of aliphatic hydroxyl groups is 1. The van der Waals surface area contributed by atoms with E-state index < -0.39 is 22.7 Å². The van der Waals surface area contributed by atoms with Crippen LogP contribution in [0.5, 0.6) is 5.75 Å². The molecule has 1 aromatic carbocycles. The smallest absolute Gasteiger partial charge is 0.270 e. The number of nitrogens with zero attached hydrogens (tertiary/aromatic N) is 3. The lowest BCUT2D eigenvalue weighted by molar-refractivity contribution is -0.385. The fraction of sp³-hybridized carbons (Fsp3) is 0.429. The van der Waals surface area contributed by atoms with Crippen molar-refractivity contribution in [3.05, 3.63) is 33.9 Å². The fourth-order valence-electron chi connectivity index (χ4n) is 2.39. The van der Waals surface area contributed by atoms with E-state index in [1.54, 1.807) is 27.0 Å². The number of amidine groups is 1. The van der Waals surface area contributed by atoms with Crippen molar-refractivity contribution in [3.63, 3.8) is 0 Å². The van der Waals surface area contributed by atoms with Gasteiger partial charge in [0, 0.05) is 17.7 Å². The first-order chi connectivity index (χ1) is 10.3. The number of aliphatic hydroxyl groups excluding tert-OH is 1. The molecule has 1 aromatic rings. The van der Waals surface area contributed by atoms with E-state index in [-0.39, 0.29) is 5.69 Å². The Bertz CT molecular complexity index is 678. The number of non-ortho nitro benzene ring substituents is 1. The topological polar surface area (TPSA) is 121 Å². The molecule has 0 radical (unpaired) electrons. The van der Waals surface area contributed by atoms with Crippen LogP contribution in [-0.4, -0.2) is 27.6 Å². The molecule has 0 aromatic heterocycles. The van der Waals surface area contributed by atoms with Crippen molar-refractivity contribution in [1.29, 1.82) is 5.26 Å². The summed E-state index contributed by atoms with van der Waals surface area (Å²) in [6.45, 7) is 5.01. The first kappa shape index (κ1) is 15.7. The SMILES string of the molecule is CC(=NC#N)N[C@@H]1c2cc([N+](=O)[O-])ccc2OC(C)(C)[C@H]1O. The predicted octanol–water partition coefficient (Wildman–Crippen LogP) is 1.66. The quantitative estimate of drug-likeness (QED) is 0.282. The first-order valence-corrected chi connectivity index (χ1v) is 6.61. The molecule has 1 aliphatic rings. The van der Waals surface area contributed by atoms with Crippen molar-refractivity contribution >= 4 is 11.5 Å². The van der Waals surface area contributed by atoms with Crippen LogP contribution in [0, 0.1) is 21.6 Å². The van der Waals surface area contributed by atoms with E-state index in [1.165, 1.54) is 18.2 Å². The maximum atomic E-state index is 10.9. The van der Waals surface area contributed by atoms with Crippen LogP contribution < -0.4 is 10.1 Å². The Balaban J connectivity index is 2.51. The Morgan fingerprint density at radius 1 is 1.59 bits per heavy atom. The van der Waals surface area contributed by atoms with Gasteiger partial charge in [-0.1, -0.05) is 0 Å². The van der Waals surface area contributed by atoms with Crippen molar-refractivity contribution in [2.75, 3.05) is 0 Å². The highest BCUT2D eigenvalue weighted by Crippen LogP contribution is 2.41. The largest absolute Gasteiger partial charge is 0.485 e. The Morgan fingerprint density at radius 2 is 2.27 bits per heavy atom. The standard InChI is InChI=1S/C14H16N4O4/c1-8(16-7-15)17-12-10-6-9(18(20)21)4-5-11(10)22-14(2,3)13(12)19/h4-6,12-13,19H,1-3H3,(H,16,17)/t12-,13+/m1/s1. The Kier molecular flexibility index (Phi) is 4.01. The number of benzene rings is 1. The maximum absolute atomic E-state index is 10.9. The second-order valence-corrected chi connectivity index (χ2v) is 5.55. The molecule has 8 nitrogen and oxygen atoms in total. The molecule has 2 atom stereocenters. The summed E-state index contributed by atoms with van der Waals surface area (Å²) in [5.74, 6) is 0.755. The molecule has 2 rings (SSSR count). The molecule has 0 unspecified atom stereocenters. The van der Waals surface area contributed by atoms with E-state index in [0.29, 0.717) is 17.1 Å². The van der Waals surface area contributed by atoms with Crippen molar-refractivity contribution in [2.24, 2.45) is 4.99 Å². The molecule has 22 heavy (non-hydrogen) atoms. The van der Waals surface area contributed by atoms with Gasteiger partial charge in [0.1, 0.15) is 23.3 Å². The Labute approximate surface area is 127 Å². The van der Waals surface area contributed by atoms with E-state index in [2.05, 4.69) is 10.3 Å². The third-order valence-electron chi connectivity index (χ3n) is 3.52. The van der Waals surface area contributed by atoms with Gasteiger partial charge in [0.05, 0.1) is 11.0 Å². The molecule has 0 amide bonds. The average Bonchev–Trinajstić information content (AvgIpc) is 2.43. The zero-order chi connectivity index (χ0) is 16.5. The highest BCUT2D eigenvalue weighted by Gasteiger charge is 2.43. The number of rotatable bonds is 2. The lowest BCUT2D eigenvalue weighted by atomic mass is 9.86. The number of hydrogen-bond acceptors (Lipinski definition) is 6. The van der Waals surface area contributed by atoms with Gasteiger partial charge in [-0.3, -0.25) is 10.1 Å². The van der Waals surface area contributed by atoms with Crippen LogP contribution >= 0.6 is 0 Å². The molecule has 2 N–H and O–H groups in total. The number of ether oxygens (including phenoxy) is 1. The molecule has 0 bridgehead atoms. The van der Waals surface area contributed by atoms with Gasteiger partial charge in [-0.05, 0) is 26.8 Å². The maximum Gasteiger partial charge on any atom is 0.270 e. The van der Waals surface area contributed by atoms with Crippen LogP contribution in [0.4, 0.5) is 5.69 Å². The zero-order valence-corrected chi connectivity index (χ0v) is 12.4. The first-order valence-electron chi connectivity index (χ1n) is 6.61. The van der Waals surface area contributed by atoms with E-state index in [1.807, 2.05) is 0 Å². The lowest BCUT2D eigenvalue weighted by Crippen LogP contribution is -2.53. The molecular weight excluding hydrogens is 288 g/mol. The minimum absolute atomic E-state index is 0.101. The summed E-state index contributed by atoms with van der Waals surface area (Å²) in [5, 5.41) is 33.0. The van der Waals surface area contributed by atoms with Crippen molar-refractivity contribution in [3.8, 4) is 11.9 Å². The number of hydrogen-bond donors (Lipinski definition) is 2. The van der Waals surface area contributed by atoms with Gasteiger partial charge in [-0.25, -0.2) is 0 Å². The average molecular weight is 304 g/mol. The number of fused-ring (bicyclic) bond motifs is 1. The third-order valence-corrected chi connectivity index (χ3v) is 3.52. The molecule has 8 heteroatoms. The van der Waals surface area contributed by atoms with E-state index in [0.717, 1.165) is 0 Å². The van der Waals surface area contributed by atoms with Crippen LogP contribution in [-0.2, 0) is 0 Å². The van der Waals surface area contributed by atoms with Crippen LogP contribution in [0.1, 0.15) is 32.4 Å². The van der Waals surface area contributed by atoms with Gasteiger partial charge in [-0.15, -0.1) is 0 Å². The molecular formula is C14H16N4O4. The van der Waals surface area contributed by atoms with Crippen LogP contribution in [0.15, 0.2) is 23.2 Å². The molecule has 0 saturated heterocycles. The molecule has 0 fully saturated rings. The summed E-state index contributed by atoms with van der Waals surface area (Å²) in [5.41, 5.74) is -0.544. The van der Waals surface area contributed by atoms with Gasteiger partial charge in [-0.2, -0.15) is 10.3 Å². The van der Waals surface area contributed by atoms with Gasteiger partial charge in [0.15, 0.2) is 0 Å². The van der Waals surface area contributed by atoms with Gasteiger partial charge >= 0.3 is 0 Å². The fourth-order valence-corrected chi connectivity index (χ4v) is 2.39. The van der Waals surface area contributed by atoms with Gasteiger partial charge in [0.2, 0.25) is 6.19 Å². The second-order valence-electron chi connectivity index (χ2n) is 5.55. The van der Waals surface area contributed by atoms with Crippen LogP contribution in [0.2, 0.25) is 0 Å². The van der Waals surface area contributed by atoms with E-state index >= 15 is 0 Å². The monoisotopic (exact) mass is 304 g/mol. The minimum atomic E-state index is -0.981. The molecule has 1 heterocycles. The second kappa shape index (κ2) is 5.61. The summed E-state index contributed by atoms with van der Waals surface area (Å²) in [7, 11) is 0. The number of nitro groups is 1. The number of nitrogens with one attached hydrogen (secondary N) is 1. The van der Waals surface area contributed by atoms with Gasteiger partial charge < -0.3 is 15.2 Å². The number of aliphatic imine (C=N–C) groups is 1. The van der Waals surface area contributed by atoms with Crippen molar-refractivity contribution in [2.45, 2.75) is 38.5 Å². The molecule has 0 saturated carbocycles. The molecule has 1 aliphatic heterocycles. The van der Waals surface area contributed by atoms with Gasteiger partial charge in [0.25, 0.3) is 5.69 Å². The van der Waals surface area contributed by atoms with Crippen LogP contribution in [0.3, 0.4) is 0 Å². The summed E-state index contributed by atoms with van der Waals surface area (Å²) in [4.78, 5) is 14.0. The third kappa shape index (κ3) is 2.84. The highest BCUT2D eigenvalue weighted by molar-refractivity contribution is 5.81. The predicted molar refractivity (Wildman–Crippen MR) is 78.4 cm³/mol. The number of nitriles is 1. The zero-order valence-electron chi connectivity index (χ0n) is 12.4.